The van der Waals surface area contributed by atoms with Crippen LogP contribution < -0.4 is 20.3 Å². The van der Waals surface area contributed by atoms with Gasteiger partial charge in [0.15, 0.2) is 11.5 Å². The van der Waals surface area contributed by atoms with Crippen LogP contribution in [0.4, 0.5) is 14.5 Å². The van der Waals surface area contributed by atoms with Crippen molar-refractivity contribution in [3.05, 3.63) is 76.2 Å². The van der Waals surface area contributed by atoms with E-state index in [1.165, 1.54) is 35.0 Å². The number of amides is 1. The van der Waals surface area contributed by atoms with E-state index in [1.54, 1.807) is 37.7 Å². The molecule has 1 N–H and O–H groups in total. The summed E-state index contributed by atoms with van der Waals surface area (Å²) in [7, 11) is 1.73. The summed E-state index contributed by atoms with van der Waals surface area (Å²) in [6.07, 6.45) is 2.73. The molecule has 0 bridgehead atoms. The van der Waals surface area contributed by atoms with Gasteiger partial charge in [-0.3, -0.25) is 14.3 Å². The van der Waals surface area contributed by atoms with E-state index in [0.717, 1.165) is 0 Å². The molecule has 1 heterocycles. The maximum Gasteiger partial charge on any atom is 0.387 e. The number of hydrogen-bond donors (Lipinski definition) is 1. The first kappa shape index (κ1) is 22.8. The summed E-state index contributed by atoms with van der Waals surface area (Å²) < 4.78 is 38.0. The predicted octanol–water partition coefficient (Wildman–Crippen LogP) is 4.14. The molecule has 9 heteroatoms. The number of alkyl halides is 2. The highest BCUT2D eigenvalue weighted by atomic mass is 19.3. The van der Waals surface area contributed by atoms with Crippen molar-refractivity contribution in [3.63, 3.8) is 0 Å². The van der Waals surface area contributed by atoms with E-state index in [2.05, 4.69) is 10.1 Å². The van der Waals surface area contributed by atoms with Crippen LogP contribution in [0.15, 0.2) is 59.4 Å². The van der Waals surface area contributed by atoms with Gasteiger partial charge in [0, 0.05) is 13.1 Å². The lowest BCUT2D eigenvalue weighted by atomic mass is 10.2. The van der Waals surface area contributed by atoms with Gasteiger partial charge in [0.2, 0.25) is 5.91 Å². The van der Waals surface area contributed by atoms with Gasteiger partial charge in [-0.05, 0) is 49.8 Å². The lowest BCUT2D eigenvalue weighted by molar-refractivity contribution is -0.111. The van der Waals surface area contributed by atoms with Gasteiger partial charge in [0.1, 0.15) is 5.69 Å². The van der Waals surface area contributed by atoms with Crippen LogP contribution >= 0.6 is 0 Å². The second-order valence-corrected chi connectivity index (χ2v) is 6.78. The molecule has 2 aromatic carbocycles. The third kappa shape index (κ3) is 5.05. The first-order valence-electron chi connectivity index (χ1n) is 9.86. The first-order chi connectivity index (χ1) is 15.3. The number of rotatable bonds is 8. The van der Waals surface area contributed by atoms with E-state index in [1.807, 2.05) is 18.2 Å². The molecule has 32 heavy (non-hydrogen) atoms. The summed E-state index contributed by atoms with van der Waals surface area (Å²) in [5.41, 5.74) is 1.62. The molecule has 1 aromatic heterocycles. The largest absolute Gasteiger partial charge is 0.490 e. The zero-order chi connectivity index (χ0) is 23.3. The van der Waals surface area contributed by atoms with Crippen molar-refractivity contribution in [2.45, 2.75) is 20.5 Å². The van der Waals surface area contributed by atoms with Crippen molar-refractivity contribution >= 4 is 17.7 Å². The Bertz CT molecular complexity index is 1180. The molecular weight excluding hydrogens is 420 g/mol. The van der Waals surface area contributed by atoms with E-state index in [0.29, 0.717) is 16.9 Å². The number of ether oxygens (including phenoxy) is 2. The highest BCUT2D eigenvalue weighted by Gasteiger charge is 2.17. The van der Waals surface area contributed by atoms with E-state index in [9.17, 15) is 18.4 Å². The fourth-order valence-corrected chi connectivity index (χ4v) is 3.14. The Balaban J connectivity index is 1.81. The predicted molar refractivity (Wildman–Crippen MR) is 118 cm³/mol. The topological polar surface area (TPSA) is 74.5 Å². The molecule has 168 valence electrons. The van der Waals surface area contributed by atoms with Crippen molar-refractivity contribution in [1.82, 2.24) is 9.36 Å². The molecular formula is C23H23F2N3O4. The van der Waals surface area contributed by atoms with Crippen LogP contribution in [0.25, 0.3) is 11.8 Å². The molecule has 0 saturated heterocycles. The number of anilines is 1. The number of nitrogens with zero attached hydrogens (tertiary/aromatic N) is 2. The van der Waals surface area contributed by atoms with E-state index in [4.69, 9.17) is 4.74 Å². The van der Waals surface area contributed by atoms with Crippen LogP contribution in [0.5, 0.6) is 11.5 Å². The Morgan fingerprint density at radius 3 is 2.53 bits per heavy atom. The van der Waals surface area contributed by atoms with Crippen molar-refractivity contribution in [3.8, 4) is 17.2 Å². The monoisotopic (exact) mass is 443 g/mol. The van der Waals surface area contributed by atoms with Crippen LogP contribution in [0.2, 0.25) is 0 Å². The maximum absolute atomic E-state index is 12.9. The number of hydrogen-bond acceptors (Lipinski definition) is 4. The average Bonchev–Trinajstić information content (AvgIpc) is 2.97. The van der Waals surface area contributed by atoms with E-state index >= 15 is 0 Å². The molecule has 0 aliphatic heterocycles. The summed E-state index contributed by atoms with van der Waals surface area (Å²) in [5, 5.41) is 2.62. The second kappa shape index (κ2) is 9.95. The Hall–Kier alpha value is -3.88. The van der Waals surface area contributed by atoms with Crippen molar-refractivity contribution < 1.29 is 23.0 Å². The number of nitrogens with one attached hydrogen (secondary N) is 1. The third-order valence-electron chi connectivity index (χ3n) is 4.71. The standard InChI is InChI=1S/C23H23F2N3O4/c1-4-31-19-14-16(10-12-18(19)32-23(24)25)11-13-20(29)26-21-15(2)27(3)28(22(21)30)17-8-6-5-7-9-17/h5-14,23H,4H2,1-3H3,(H,26,29)/b13-11+. The van der Waals surface area contributed by atoms with E-state index < -0.39 is 12.5 Å². The minimum absolute atomic E-state index is 0.0928. The number of benzene rings is 2. The number of halogens is 2. The summed E-state index contributed by atoms with van der Waals surface area (Å²) >= 11 is 0. The van der Waals surface area contributed by atoms with Gasteiger partial charge in [0.05, 0.1) is 18.0 Å². The molecule has 3 rings (SSSR count). The quantitative estimate of drug-likeness (QED) is 0.531. The molecule has 0 radical (unpaired) electrons. The minimum Gasteiger partial charge on any atom is -0.490 e. The molecule has 0 unspecified atom stereocenters. The van der Waals surface area contributed by atoms with Crippen molar-refractivity contribution in [2.24, 2.45) is 7.05 Å². The third-order valence-corrected chi connectivity index (χ3v) is 4.71. The van der Waals surface area contributed by atoms with Gasteiger partial charge in [-0.2, -0.15) is 8.78 Å². The van der Waals surface area contributed by atoms with Gasteiger partial charge in [-0.1, -0.05) is 24.3 Å². The summed E-state index contributed by atoms with van der Waals surface area (Å²) in [6, 6.07) is 13.4. The lowest BCUT2D eigenvalue weighted by Crippen LogP contribution is -2.22. The first-order valence-corrected chi connectivity index (χ1v) is 9.86. The highest BCUT2D eigenvalue weighted by Crippen LogP contribution is 2.30. The van der Waals surface area contributed by atoms with Gasteiger partial charge >= 0.3 is 6.61 Å². The summed E-state index contributed by atoms with van der Waals surface area (Å²) in [6.45, 7) is 0.729. The molecule has 0 saturated carbocycles. The number of carbonyl (C=O) groups excluding carboxylic acids is 1. The van der Waals surface area contributed by atoms with E-state index in [-0.39, 0.29) is 29.4 Å². The molecule has 7 nitrogen and oxygen atoms in total. The fourth-order valence-electron chi connectivity index (χ4n) is 3.14. The van der Waals surface area contributed by atoms with Gasteiger partial charge in [-0.25, -0.2) is 4.68 Å². The Morgan fingerprint density at radius 1 is 1.16 bits per heavy atom. The molecule has 0 fully saturated rings. The zero-order valence-electron chi connectivity index (χ0n) is 17.8. The maximum atomic E-state index is 12.9. The fraction of sp³-hybridized carbons (Fsp3) is 0.217. The minimum atomic E-state index is -2.98. The molecule has 0 aliphatic carbocycles. The van der Waals surface area contributed by atoms with Gasteiger partial charge in [-0.15, -0.1) is 0 Å². The lowest BCUT2D eigenvalue weighted by Gasteiger charge is -2.11. The molecule has 0 spiro atoms. The second-order valence-electron chi connectivity index (χ2n) is 6.78. The molecule has 1 amide bonds. The summed E-state index contributed by atoms with van der Waals surface area (Å²) in [5.74, 6) is -0.466. The smallest absolute Gasteiger partial charge is 0.387 e. The highest BCUT2D eigenvalue weighted by molar-refractivity contribution is 6.02. The van der Waals surface area contributed by atoms with Gasteiger partial charge in [0.25, 0.3) is 5.56 Å². The summed E-state index contributed by atoms with van der Waals surface area (Å²) in [4.78, 5) is 25.3. The normalized spacial score (nSPS) is 11.2. The van der Waals surface area contributed by atoms with Crippen LogP contribution in [0, 0.1) is 6.92 Å². The van der Waals surface area contributed by atoms with Crippen molar-refractivity contribution in [1.29, 1.82) is 0 Å². The molecule has 3 aromatic rings. The molecule has 0 atom stereocenters. The van der Waals surface area contributed by atoms with Crippen LogP contribution in [-0.4, -0.2) is 28.5 Å². The average molecular weight is 443 g/mol. The number of carbonyl (C=O) groups is 1. The van der Waals surface area contributed by atoms with Crippen molar-refractivity contribution in [2.75, 3.05) is 11.9 Å². The Labute approximate surface area is 183 Å². The number of aromatic nitrogens is 2. The van der Waals surface area contributed by atoms with Gasteiger partial charge < -0.3 is 14.8 Å². The molecule has 0 aliphatic rings. The van der Waals surface area contributed by atoms with Crippen LogP contribution in [-0.2, 0) is 11.8 Å². The Morgan fingerprint density at radius 2 is 1.88 bits per heavy atom. The SMILES string of the molecule is CCOc1cc(/C=C/C(=O)Nc2c(C)n(C)n(-c3ccccc3)c2=O)ccc1OC(F)F. The van der Waals surface area contributed by atoms with Crippen LogP contribution in [0.3, 0.4) is 0 Å². The number of para-hydroxylation sites is 1. The Kier molecular flexibility index (Phi) is 7.09. The zero-order valence-corrected chi connectivity index (χ0v) is 17.8. The van der Waals surface area contributed by atoms with Crippen LogP contribution in [0.1, 0.15) is 18.2 Å².